The molecule has 0 saturated heterocycles. The Morgan fingerprint density at radius 1 is 1.43 bits per heavy atom. The molecule has 0 fully saturated rings. The van der Waals surface area contributed by atoms with Crippen LogP contribution in [-0.2, 0) is 13.1 Å². The van der Waals surface area contributed by atoms with Crippen molar-refractivity contribution in [3.05, 3.63) is 34.9 Å². The Morgan fingerprint density at radius 3 is 2.91 bits per heavy atom. The summed E-state index contributed by atoms with van der Waals surface area (Å²) in [6, 6.07) is 1.85. The standard InChI is InChI=1S/C15H20N6O2/c1-9-12(7-17-15(16)18-9)14(23)20-4-3-5-21-11(8-20)6-13(19-21)10(2)22/h6-7,10,22H,3-5,8H2,1-2H3,(H2,16,17,18)/t10-/m1/s1. The summed E-state index contributed by atoms with van der Waals surface area (Å²) in [5.74, 6) is 0.0466. The first-order chi connectivity index (χ1) is 11.0. The lowest BCUT2D eigenvalue weighted by molar-refractivity contribution is 0.0744. The van der Waals surface area contributed by atoms with Crippen LogP contribution in [-0.4, -0.2) is 42.2 Å². The zero-order chi connectivity index (χ0) is 16.6. The van der Waals surface area contributed by atoms with Gasteiger partial charge in [0.15, 0.2) is 0 Å². The second-order valence-corrected chi connectivity index (χ2v) is 5.77. The SMILES string of the molecule is Cc1nc(N)ncc1C(=O)N1CCCn2nc([C@@H](C)O)cc2C1. The van der Waals surface area contributed by atoms with E-state index in [-0.39, 0.29) is 11.9 Å². The van der Waals surface area contributed by atoms with E-state index in [1.54, 1.807) is 18.7 Å². The molecule has 8 heteroatoms. The molecule has 0 unspecified atom stereocenters. The fourth-order valence-corrected chi connectivity index (χ4v) is 2.73. The second kappa shape index (κ2) is 5.96. The summed E-state index contributed by atoms with van der Waals surface area (Å²) < 4.78 is 1.86. The maximum Gasteiger partial charge on any atom is 0.257 e. The van der Waals surface area contributed by atoms with Gasteiger partial charge in [-0.2, -0.15) is 5.10 Å². The number of aliphatic hydroxyl groups is 1. The number of anilines is 1. The first kappa shape index (κ1) is 15.4. The minimum atomic E-state index is -0.619. The van der Waals surface area contributed by atoms with Crippen LogP contribution >= 0.6 is 0 Å². The number of aliphatic hydroxyl groups excluding tert-OH is 1. The quantitative estimate of drug-likeness (QED) is 0.842. The van der Waals surface area contributed by atoms with Gasteiger partial charge in [0.25, 0.3) is 5.91 Å². The molecule has 0 aromatic carbocycles. The lowest BCUT2D eigenvalue weighted by Crippen LogP contribution is -2.31. The summed E-state index contributed by atoms with van der Waals surface area (Å²) in [5.41, 5.74) is 8.12. The van der Waals surface area contributed by atoms with Gasteiger partial charge < -0.3 is 15.7 Å². The number of hydrogen-bond acceptors (Lipinski definition) is 6. The summed E-state index contributed by atoms with van der Waals surface area (Å²) in [5, 5.41) is 14.1. The number of hydrogen-bond donors (Lipinski definition) is 2. The van der Waals surface area contributed by atoms with Gasteiger partial charge in [-0.1, -0.05) is 0 Å². The fraction of sp³-hybridized carbons (Fsp3) is 0.467. The Morgan fingerprint density at radius 2 is 2.22 bits per heavy atom. The Kier molecular flexibility index (Phi) is 3.99. The van der Waals surface area contributed by atoms with Crippen LogP contribution < -0.4 is 5.73 Å². The lowest BCUT2D eigenvalue weighted by atomic mass is 10.2. The van der Waals surface area contributed by atoms with E-state index in [2.05, 4.69) is 15.1 Å². The molecule has 1 amide bonds. The number of aryl methyl sites for hydroxylation is 2. The Hall–Kier alpha value is -2.48. The van der Waals surface area contributed by atoms with Gasteiger partial charge in [-0.05, 0) is 26.3 Å². The fourth-order valence-electron chi connectivity index (χ4n) is 2.73. The van der Waals surface area contributed by atoms with E-state index >= 15 is 0 Å². The first-order valence-corrected chi connectivity index (χ1v) is 7.59. The average molecular weight is 316 g/mol. The maximum absolute atomic E-state index is 12.8. The zero-order valence-corrected chi connectivity index (χ0v) is 13.2. The molecular weight excluding hydrogens is 296 g/mol. The van der Waals surface area contributed by atoms with E-state index in [0.29, 0.717) is 30.0 Å². The number of nitrogens with zero attached hydrogens (tertiary/aromatic N) is 5. The molecule has 8 nitrogen and oxygen atoms in total. The van der Waals surface area contributed by atoms with Crippen molar-refractivity contribution in [2.75, 3.05) is 12.3 Å². The number of carbonyl (C=O) groups is 1. The molecule has 2 aromatic rings. The van der Waals surface area contributed by atoms with Crippen LogP contribution in [0.25, 0.3) is 0 Å². The van der Waals surface area contributed by atoms with Crippen molar-refractivity contribution < 1.29 is 9.90 Å². The second-order valence-electron chi connectivity index (χ2n) is 5.77. The first-order valence-electron chi connectivity index (χ1n) is 7.59. The van der Waals surface area contributed by atoms with Crippen LogP contribution in [0.15, 0.2) is 12.3 Å². The van der Waals surface area contributed by atoms with Gasteiger partial charge in [0, 0.05) is 19.3 Å². The van der Waals surface area contributed by atoms with Crippen molar-refractivity contribution in [2.45, 2.75) is 39.5 Å². The zero-order valence-electron chi connectivity index (χ0n) is 13.2. The number of aromatic nitrogens is 4. The Bertz CT molecular complexity index is 740. The largest absolute Gasteiger partial charge is 0.387 e. The molecule has 3 heterocycles. The van der Waals surface area contributed by atoms with Gasteiger partial charge in [0.2, 0.25) is 5.95 Å². The third-order valence-electron chi connectivity index (χ3n) is 3.98. The maximum atomic E-state index is 12.8. The number of amides is 1. The van der Waals surface area contributed by atoms with Crippen molar-refractivity contribution in [3.8, 4) is 0 Å². The van der Waals surface area contributed by atoms with E-state index in [0.717, 1.165) is 18.7 Å². The van der Waals surface area contributed by atoms with E-state index < -0.39 is 6.10 Å². The molecule has 122 valence electrons. The number of rotatable bonds is 2. The smallest absolute Gasteiger partial charge is 0.257 e. The van der Waals surface area contributed by atoms with Crippen molar-refractivity contribution in [2.24, 2.45) is 0 Å². The molecule has 1 aliphatic heterocycles. The van der Waals surface area contributed by atoms with Gasteiger partial charge in [0.1, 0.15) is 0 Å². The molecular formula is C15H20N6O2. The normalized spacial score (nSPS) is 15.9. The summed E-state index contributed by atoms with van der Waals surface area (Å²) in [6.45, 7) is 5.24. The molecule has 3 N–H and O–H groups in total. The highest BCUT2D eigenvalue weighted by molar-refractivity contribution is 5.95. The average Bonchev–Trinajstić information content (AvgIpc) is 2.79. The van der Waals surface area contributed by atoms with Crippen molar-refractivity contribution >= 4 is 11.9 Å². The van der Waals surface area contributed by atoms with Crippen molar-refractivity contribution in [3.63, 3.8) is 0 Å². The molecule has 23 heavy (non-hydrogen) atoms. The predicted molar refractivity (Wildman–Crippen MR) is 83.4 cm³/mol. The van der Waals surface area contributed by atoms with Crippen LogP contribution in [0, 0.1) is 6.92 Å². The molecule has 0 aliphatic carbocycles. The third kappa shape index (κ3) is 3.02. The van der Waals surface area contributed by atoms with Crippen LogP contribution in [0.4, 0.5) is 5.95 Å². The van der Waals surface area contributed by atoms with E-state index in [9.17, 15) is 9.90 Å². The number of nitrogen functional groups attached to an aromatic ring is 1. The highest BCUT2D eigenvalue weighted by Crippen LogP contribution is 2.19. The summed E-state index contributed by atoms with van der Waals surface area (Å²) in [7, 11) is 0. The molecule has 0 saturated carbocycles. The number of carbonyl (C=O) groups excluding carboxylic acids is 1. The minimum absolute atomic E-state index is 0.115. The molecule has 1 atom stereocenters. The summed E-state index contributed by atoms with van der Waals surface area (Å²) >= 11 is 0. The van der Waals surface area contributed by atoms with Gasteiger partial charge in [-0.15, -0.1) is 0 Å². The third-order valence-corrected chi connectivity index (χ3v) is 3.98. The highest BCUT2D eigenvalue weighted by atomic mass is 16.3. The van der Waals surface area contributed by atoms with Crippen LogP contribution in [0.3, 0.4) is 0 Å². The highest BCUT2D eigenvalue weighted by Gasteiger charge is 2.24. The molecule has 0 spiro atoms. The van der Waals surface area contributed by atoms with Gasteiger partial charge in [0.05, 0.1) is 35.3 Å². The summed E-state index contributed by atoms with van der Waals surface area (Å²) in [6.07, 6.45) is 1.66. The Labute approximate surface area is 134 Å². The lowest BCUT2D eigenvalue weighted by Gasteiger charge is -2.20. The monoisotopic (exact) mass is 316 g/mol. The van der Waals surface area contributed by atoms with Crippen LogP contribution in [0.5, 0.6) is 0 Å². The van der Waals surface area contributed by atoms with Crippen LogP contribution in [0.2, 0.25) is 0 Å². The molecule has 2 aromatic heterocycles. The molecule has 0 bridgehead atoms. The Balaban J connectivity index is 1.86. The topological polar surface area (TPSA) is 110 Å². The van der Waals surface area contributed by atoms with Gasteiger partial charge in [-0.25, -0.2) is 9.97 Å². The van der Waals surface area contributed by atoms with E-state index in [4.69, 9.17) is 5.73 Å². The minimum Gasteiger partial charge on any atom is -0.387 e. The molecule has 0 radical (unpaired) electrons. The predicted octanol–water partition coefficient (Wildman–Crippen LogP) is 0.663. The number of fused-ring (bicyclic) bond motifs is 1. The summed E-state index contributed by atoms with van der Waals surface area (Å²) in [4.78, 5) is 22.5. The van der Waals surface area contributed by atoms with Gasteiger partial charge in [-0.3, -0.25) is 9.48 Å². The molecule has 3 rings (SSSR count). The van der Waals surface area contributed by atoms with Crippen molar-refractivity contribution in [1.29, 1.82) is 0 Å². The number of nitrogens with two attached hydrogens (primary N) is 1. The molecule has 1 aliphatic rings. The van der Waals surface area contributed by atoms with Crippen molar-refractivity contribution in [1.82, 2.24) is 24.6 Å². The van der Waals surface area contributed by atoms with E-state index in [1.807, 2.05) is 10.7 Å². The van der Waals surface area contributed by atoms with E-state index in [1.165, 1.54) is 6.20 Å². The van der Waals surface area contributed by atoms with Crippen LogP contribution in [0.1, 0.15) is 46.9 Å². The van der Waals surface area contributed by atoms with Gasteiger partial charge >= 0.3 is 0 Å².